The molecule has 0 fully saturated rings. The number of allylic oxidation sites excluding steroid dienone is 5. The SMILES string of the molecule is C#Cc1cc(CO)c(-c2cccc(C(=C3C=C(C(C)(C)C)C(=O)C(C(C)(C)C)=C3)c3cc(C(C)(C)C)c(O)c(C(C)(C)C)c3)c2)c(CO)c1. The van der Waals surface area contributed by atoms with Crippen molar-refractivity contribution < 1.29 is 20.1 Å². The van der Waals surface area contributed by atoms with Crippen LogP contribution in [0.4, 0.5) is 0 Å². The molecule has 258 valence electrons. The molecule has 4 nitrogen and oxygen atoms in total. The Hall–Kier alpha value is -4.17. The van der Waals surface area contributed by atoms with Crippen molar-refractivity contribution in [2.45, 2.75) is 107 Å². The third-order valence-electron chi connectivity index (χ3n) is 9.26. The van der Waals surface area contributed by atoms with Crippen molar-refractivity contribution in [3.63, 3.8) is 0 Å². The standard InChI is InChI=1S/C45H54O4/c1-14-27-18-32(25-46)39(33(19-27)26-47)29-17-15-16-28(20-29)38(30-21-34(42(2,3)4)40(48)35(22-30)43(5,6)7)31-23-36(44(8,9)10)41(49)37(24-31)45(11,12)13/h1,15-24,46-48H,25-26H2,2-13H3. The molecule has 0 aliphatic heterocycles. The van der Waals surface area contributed by atoms with Crippen LogP contribution in [0.25, 0.3) is 16.7 Å². The highest BCUT2D eigenvalue weighted by Gasteiger charge is 2.35. The number of aromatic hydroxyl groups is 1. The van der Waals surface area contributed by atoms with E-state index in [0.717, 1.165) is 55.7 Å². The highest BCUT2D eigenvalue weighted by molar-refractivity contribution is 6.12. The summed E-state index contributed by atoms with van der Waals surface area (Å²) in [4.78, 5) is 14.1. The fraction of sp³-hybridized carbons (Fsp3) is 0.400. The smallest absolute Gasteiger partial charge is 0.186 e. The van der Waals surface area contributed by atoms with Crippen LogP contribution >= 0.6 is 0 Å². The Morgan fingerprint density at radius 3 is 1.53 bits per heavy atom. The highest BCUT2D eigenvalue weighted by Crippen LogP contribution is 2.46. The normalized spacial score (nSPS) is 14.4. The van der Waals surface area contributed by atoms with Gasteiger partial charge in [-0.15, -0.1) is 6.42 Å². The number of phenols is 1. The summed E-state index contributed by atoms with van der Waals surface area (Å²) in [5, 5.41) is 32.5. The Bertz CT molecular complexity index is 1830. The van der Waals surface area contributed by atoms with Crippen molar-refractivity contribution in [2.24, 2.45) is 10.8 Å². The number of hydrogen-bond donors (Lipinski definition) is 3. The number of ketones is 1. The van der Waals surface area contributed by atoms with E-state index in [0.29, 0.717) is 22.4 Å². The summed E-state index contributed by atoms with van der Waals surface area (Å²) in [6.07, 6.45) is 9.80. The number of carbonyl (C=O) groups excluding carboxylic acids is 1. The first-order valence-corrected chi connectivity index (χ1v) is 17.1. The van der Waals surface area contributed by atoms with E-state index in [1.54, 1.807) is 12.1 Å². The molecule has 1 aliphatic carbocycles. The monoisotopic (exact) mass is 658 g/mol. The maximum atomic E-state index is 14.1. The van der Waals surface area contributed by atoms with Crippen LogP contribution in [0.1, 0.15) is 122 Å². The van der Waals surface area contributed by atoms with Crippen molar-refractivity contribution in [1.29, 1.82) is 0 Å². The number of rotatable bonds is 5. The van der Waals surface area contributed by atoms with Gasteiger partial charge in [-0.1, -0.05) is 107 Å². The fourth-order valence-electron chi connectivity index (χ4n) is 6.61. The Morgan fingerprint density at radius 1 is 0.673 bits per heavy atom. The summed E-state index contributed by atoms with van der Waals surface area (Å²) in [6, 6.07) is 15.8. The summed E-state index contributed by atoms with van der Waals surface area (Å²) in [5.41, 5.74) is 8.70. The van der Waals surface area contributed by atoms with Crippen LogP contribution in [0.15, 0.2) is 77.4 Å². The lowest BCUT2D eigenvalue weighted by molar-refractivity contribution is -0.114. The largest absolute Gasteiger partial charge is 0.507 e. The molecule has 1 aliphatic rings. The van der Waals surface area contributed by atoms with Gasteiger partial charge in [0, 0.05) is 27.8 Å². The van der Waals surface area contributed by atoms with Crippen LogP contribution in [0.3, 0.4) is 0 Å². The molecule has 4 rings (SSSR count). The van der Waals surface area contributed by atoms with Gasteiger partial charge >= 0.3 is 0 Å². The first-order chi connectivity index (χ1) is 22.5. The molecule has 0 heterocycles. The van der Waals surface area contributed by atoms with E-state index in [-0.39, 0.29) is 29.8 Å². The summed E-state index contributed by atoms with van der Waals surface area (Å²) in [7, 11) is 0. The Morgan fingerprint density at radius 2 is 1.14 bits per heavy atom. The fourth-order valence-corrected chi connectivity index (χ4v) is 6.61. The predicted octanol–water partition coefficient (Wildman–Crippen LogP) is 9.95. The minimum absolute atomic E-state index is 0.0575. The third kappa shape index (κ3) is 7.70. The van der Waals surface area contributed by atoms with Gasteiger partial charge in [0.1, 0.15) is 5.75 Å². The van der Waals surface area contributed by atoms with Gasteiger partial charge in [-0.05, 0) is 109 Å². The second-order valence-electron chi connectivity index (χ2n) is 17.4. The number of hydrogen-bond acceptors (Lipinski definition) is 4. The maximum Gasteiger partial charge on any atom is 0.186 e. The second kappa shape index (κ2) is 13.3. The van der Waals surface area contributed by atoms with Crippen LogP contribution in [-0.2, 0) is 28.8 Å². The summed E-state index contributed by atoms with van der Waals surface area (Å²) in [6.45, 7) is 24.6. The van der Waals surface area contributed by atoms with E-state index in [1.807, 2.05) is 24.3 Å². The van der Waals surface area contributed by atoms with Crippen LogP contribution in [0.2, 0.25) is 0 Å². The molecule has 3 aromatic rings. The topological polar surface area (TPSA) is 77.8 Å². The minimum atomic E-state index is -0.410. The average Bonchev–Trinajstić information content (AvgIpc) is 2.99. The number of Topliss-reactive ketones (excluding diaryl/α,β-unsaturated/α-hetero) is 1. The molecular weight excluding hydrogens is 604 g/mol. The molecule has 0 aromatic heterocycles. The van der Waals surface area contributed by atoms with Gasteiger partial charge in [0.25, 0.3) is 0 Å². The van der Waals surface area contributed by atoms with Crippen molar-refractivity contribution in [1.82, 2.24) is 0 Å². The summed E-state index contributed by atoms with van der Waals surface area (Å²) in [5.74, 6) is 2.99. The van der Waals surface area contributed by atoms with Crippen LogP contribution in [0, 0.1) is 23.2 Å². The van der Waals surface area contributed by atoms with E-state index in [4.69, 9.17) is 6.42 Å². The van der Waals surface area contributed by atoms with Gasteiger partial charge < -0.3 is 15.3 Å². The molecule has 0 bridgehead atoms. The molecule has 4 heteroatoms. The van der Waals surface area contributed by atoms with Crippen molar-refractivity contribution in [3.05, 3.63) is 116 Å². The van der Waals surface area contributed by atoms with Gasteiger partial charge in [0.05, 0.1) is 13.2 Å². The zero-order valence-electron chi connectivity index (χ0n) is 31.5. The van der Waals surface area contributed by atoms with E-state index in [1.165, 1.54) is 0 Å². The maximum absolute atomic E-state index is 14.1. The molecule has 3 N–H and O–H groups in total. The lowest BCUT2D eigenvalue weighted by Gasteiger charge is -2.33. The van der Waals surface area contributed by atoms with Gasteiger partial charge in [-0.2, -0.15) is 0 Å². The lowest BCUT2D eigenvalue weighted by Crippen LogP contribution is -2.28. The van der Waals surface area contributed by atoms with Crippen molar-refractivity contribution in [3.8, 4) is 29.2 Å². The van der Waals surface area contributed by atoms with E-state index in [2.05, 4.69) is 113 Å². The molecule has 0 spiro atoms. The first kappa shape index (κ1) is 37.6. The molecule has 0 amide bonds. The quantitative estimate of drug-likeness (QED) is 0.239. The molecule has 0 unspecified atom stereocenters. The molecule has 0 saturated heterocycles. The zero-order chi connectivity index (χ0) is 36.9. The Balaban J connectivity index is 2.25. The molecule has 0 radical (unpaired) electrons. The zero-order valence-corrected chi connectivity index (χ0v) is 31.5. The van der Waals surface area contributed by atoms with Gasteiger partial charge in [-0.3, -0.25) is 4.79 Å². The van der Waals surface area contributed by atoms with Crippen molar-refractivity contribution >= 4 is 11.4 Å². The van der Waals surface area contributed by atoms with Crippen LogP contribution in [0.5, 0.6) is 5.75 Å². The third-order valence-corrected chi connectivity index (χ3v) is 9.26. The number of carbonyl (C=O) groups is 1. The highest BCUT2D eigenvalue weighted by atomic mass is 16.3. The van der Waals surface area contributed by atoms with E-state index < -0.39 is 10.8 Å². The van der Waals surface area contributed by atoms with Crippen molar-refractivity contribution in [2.75, 3.05) is 0 Å². The molecular formula is C45H54O4. The second-order valence-corrected chi connectivity index (χ2v) is 17.4. The summed E-state index contributed by atoms with van der Waals surface area (Å²) < 4.78 is 0. The number of benzene rings is 3. The Kier molecular flexibility index (Phi) is 10.2. The van der Waals surface area contributed by atoms with Crippen LogP contribution in [-0.4, -0.2) is 21.1 Å². The predicted molar refractivity (Wildman–Crippen MR) is 203 cm³/mol. The van der Waals surface area contributed by atoms with Crippen LogP contribution < -0.4 is 0 Å². The number of aliphatic hydroxyl groups excluding tert-OH is 2. The number of aliphatic hydroxyl groups is 2. The molecule has 49 heavy (non-hydrogen) atoms. The Labute approximate surface area is 294 Å². The lowest BCUT2D eigenvalue weighted by atomic mass is 9.70. The molecule has 3 aromatic carbocycles. The first-order valence-electron chi connectivity index (χ1n) is 17.1. The molecule has 0 atom stereocenters. The number of terminal acetylenes is 1. The van der Waals surface area contributed by atoms with E-state index >= 15 is 0 Å². The van der Waals surface area contributed by atoms with Gasteiger partial charge in [-0.25, -0.2) is 0 Å². The minimum Gasteiger partial charge on any atom is -0.507 e. The van der Waals surface area contributed by atoms with E-state index in [9.17, 15) is 20.1 Å². The molecule has 0 saturated carbocycles. The average molecular weight is 659 g/mol. The number of phenolic OH excluding ortho intramolecular Hbond substituents is 1. The van der Waals surface area contributed by atoms with Gasteiger partial charge in [0.2, 0.25) is 0 Å². The van der Waals surface area contributed by atoms with Gasteiger partial charge in [0.15, 0.2) is 5.78 Å². The summed E-state index contributed by atoms with van der Waals surface area (Å²) >= 11 is 0.